The number of aliphatic carboxylic acids is 10. The van der Waals surface area contributed by atoms with E-state index >= 15 is 0 Å². The van der Waals surface area contributed by atoms with Gasteiger partial charge in [0.05, 0.1) is 18.6 Å². The summed E-state index contributed by atoms with van der Waals surface area (Å²) in [6.45, 7) is 8.46. The maximum atomic E-state index is 10.4. The van der Waals surface area contributed by atoms with Crippen LogP contribution in [0.1, 0.15) is 90.3 Å². The second-order valence-electron chi connectivity index (χ2n) is 19.1. The molecule has 0 bridgehead atoms. The fourth-order valence-corrected chi connectivity index (χ4v) is 7.55. The summed E-state index contributed by atoms with van der Waals surface area (Å²) in [5.41, 5.74) is 63.5. The minimum absolute atomic E-state index is 0.0718. The van der Waals surface area contributed by atoms with Gasteiger partial charge in [-0.3, -0.25) is 53.4 Å². The number of unbranched alkanes of at least 4 members (excludes halogenated alkanes) is 1. The van der Waals surface area contributed by atoms with E-state index in [1.807, 2.05) is 64.3 Å². The lowest BCUT2D eigenvalue weighted by Crippen LogP contribution is -2.36. The van der Waals surface area contributed by atoms with E-state index in [9.17, 15) is 47.9 Å². The SMILES string of the molecule is CC(C)C[C@H](N)C(=O)O.CC[C@H](C)[C@H](N)C(=O)O.CSCC[C@H](N)C(=O)O.N=C(N)NCCC[C@H](N)C(=O)O.NCC(=O)O.NCCCC[C@H](N)C(=O)O.N[C@@H](CSSC[C@H](N)C(=O)O)C(=O)O.N[C@@H](Cc1c[nH]cn1)C(=O)O.N[C@@H](Cc1ccccc1)C(=O)O. The number of benzene rings is 1. The highest BCUT2D eigenvalue weighted by atomic mass is 33.1. The summed E-state index contributed by atoms with van der Waals surface area (Å²) in [6, 6.07) is 2.23. The quantitative estimate of drug-likeness (QED) is 0.0148. The van der Waals surface area contributed by atoms with Gasteiger partial charge in [0.15, 0.2) is 5.96 Å². The van der Waals surface area contributed by atoms with Gasteiger partial charge in [-0.05, 0) is 80.9 Å². The smallest absolute Gasteiger partial charge is 0.321 e. The standard InChI is InChI=1S/C9H11NO2.C6H14N4O2.C6H9N3O2.C6H12N2O4S2.C6H14N2O2.2C6H13NO2.C5H11NO2S.C2H5NO2/c10-8(9(11)12)6-7-4-2-1-3-5-7;7-4(5(11)12)2-1-3-10-6(8)9;7-5(6(10)11)1-4-2-8-3-9-4;7-3(5(9)10)1-13-14-2-4(8)6(11)12;7-4-2-1-3-5(8)6(9)10;1-4(2)3-5(7)6(8)9;1-3-4(2)5(7)6(8)9;1-9-3-2-4(6)5(7)8;3-1-2(4)5/h1-5,8H,6,10H2,(H,11,12);4H,1-3,7H2,(H,11,12)(H4,8,9,10);2-3,5H,1,7H2,(H,8,9)(H,10,11);3-4H,1-2,7-8H2,(H,9,10)(H,11,12);5H,1-4,7-8H2,(H,9,10);2*4-5H,3,7H2,1-2H3,(H,8,9);4H,2-3,6H2,1H3,(H,7,8);1,3H2,(H,4,5)/t8-;4-;5-;3-,4-;2*5-;4-,5-;4-;/m00000000./s1. The fourth-order valence-electron chi connectivity index (χ4n) is 4.83. The van der Waals surface area contributed by atoms with Crippen LogP contribution in [-0.4, -0.2) is 224 Å². The van der Waals surface area contributed by atoms with Crippen molar-refractivity contribution in [3.63, 3.8) is 0 Å². The van der Waals surface area contributed by atoms with E-state index in [1.165, 1.54) is 27.9 Å². The number of hydrogen-bond acceptors (Lipinski definition) is 26. The molecule has 91 heavy (non-hydrogen) atoms. The van der Waals surface area contributed by atoms with E-state index < -0.39 is 114 Å². The Bertz CT molecular complexity index is 2250. The Morgan fingerprint density at radius 2 is 0.956 bits per heavy atom. The van der Waals surface area contributed by atoms with Crippen LogP contribution in [0.15, 0.2) is 42.9 Å². The van der Waals surface area contributed by atoms with E-state index in [0.29, 0.717) is 63.2 Å². The van der Waals surface area contributed by atoms with E-state index in [2.05, 4.69) is 21.0 Å². The number of nitrogens with one attached hydrogen (secondary N) is 3. The van der Waals surface area contributed by atoms with Crippen molar-refractivity contribution in [3.8, 4) is 0 Å². The van der Waals surface area contributed by atoms with Crippen LogP contribution in [0.2, 0.25) is 0 Å². The molecule has 10 atom stereocenters. The molecule has 0 aliphatic heterocycles. The summed E-state index contributed by atoms with van der Waals surface area (Å²) < 4.78 is 0. The lowest BCUT2D eigenvalue weighted by molar-refractivity contribution is -0.140. The minimum atomic E-state index is -1.07. The van der Waals surface area contributed by atoms with Gasteiger partial charge in [0.1, 0.15) is 54.4 Å². The number of H-pyrrole nitrogens is 1. The molecule has 0 fully saturated rings. The van der Waals surface area contributed by atoms with Crippen molar-refractivity contribution in [2.24, 2.45) is 80.6 Å². The molecule has 1 heterocycles. The fraction of sp³-hybridized carbons (Fsp3) is 0.615. The van der Waals surface area contributed by atoms with E-state index in [1.54, 1.807) is 18.0 Å². The number of rotatable bonds is 34. The predicted octanol–water partition coefficient (Wildman–Crippen LogP) is -2.54. The maximum Gasteiger partial charge on any atom is 0.321 e. The zero-order valence-electron chi connectivity index (χ0n) is 51.9. The lowest BCUT2D eigenvalue weighted by Gasteiger charge is -2.11. The molecule has 2 rings (SSSR count). The van der Waals surface area contributed by atoms with Gasteiger partial charge >= 0.3 is 59.7 Å². The Balaban J connectivity index is -0.000000176. The van der Waals surface area contributed by atoms with Crippen molar-refractivity contribution in [2.45, 2.75) is 146 Å². The van der Waals surface area contributed by atoms with Crippen molar-refractivity contribution >= 4 is 99.0 Å². The third kappa shape index (κ3) is 72.0. The van der Waals surface area contributed by atoms with Gasteiger partial charge in [-0.2, -0.15) is 11.8 Å². The van der Waals surface area contributed by atoms with Crippen LogP contribution < -0.4 is 74.1 Å². The molecule has 0 unspecified atom stereocenters. The highest BCUT2D eigenvalue weighted by Crippen LogP contribution is 2.22. The van der Waals surface area contributed by atoms with Gasteiger partial charge in [-0.1, -0.05) is 92.5 Å². The van der Waals surface area contributed by atoms with E-state index in [4.69, 9.17) is 120 Å². The Morgan fingerprint density at radius 3 is 1.25 bits per heavy atom. The number of carbonyl (C=O) groups is 10. The Kier molecular flexibility index (Phi) is 67.8. The lowest BCUT2D eigenvalue weighted by atomic mass is 10.0. The van der Waals surface area contributed by atoms with Crippen molar-refractivity contribution in [1.29, 1.82) is 5.41 Å². The van der Waals surface area contributed by atoms with Crippen LogP contribution in [0.4, 0.5) is 0 Å². The number of thioether (sulfide) groups is 1. The molecule has 0 saturated carbocycles. The zero-order chi connectivity index (χ0) is 72.4. The average Bonchev–Trinajstić information content (AvgIpc) is 4.29. The summed E-state index contributed by atoms with van der Waals surface area (Å²) in [4.78, 5) is 108. The molecule has 0 spiro atoms. The van der Waals surface area contributed by atoms with Crippen molar-refractivity contribution in [1.82, 2.24) is 15.3 Å². The summed E-state index contributed by atoms with van der Waals surface area (Å²) in [5.74, 6) is -8.16. The molecule has 1 aromatic carbocycles. The molecule has 37 N–H and O–H groups in total. The number of guanidine groups is 1. The van der Waals surface area contributed by atoms with Gasteiger partial charge in [-0.25, -0.2) is 4.98 Å². The van der Waals surface area contributed by atoms with Crippen LogP contribution in [0.25, 0.3) is 0 Å². The molecular weight excluding hydrogens is 1260 g/mol. The first-order valence-corrected chi connectivity index (χ1v) is 31.3. The highest BCUT2D eigenvalue weighted by Gasteiger charge is 2.19. The summed E-state index contributed by atoms with van der Waals surface area (Å²) in [6.07, 6.45) is 10.7. The first kappa shape index (κ1) is 97.6. The molecule has 39 heteroatoms. The molecule has 0 radical (unpaired) electrons. The topological polar surface area (TPSA) is 750 Å². The van der Waals surface area contributed by atoms with Gasteiger partial charge in [0, 0.05) is 30.7 Å². The second kappa shape index (κ2) is 63.2. The van der Waals surface area contributed by atoms with Gasteiger partial charge < -0.3 is 130 Å². The van der Waals surface area contributed by atoms with Crippen LogP contribution in [0.5, 0.6) is 0 Å². The van der Waals surface area contributed by atoms with Crippen LogP contribution in [0.3, 0.4) is 0 Å². The number of carboxylic acids is 10. The Morgan fingerprint density at radius 1 is 0.560 bits per heavy atom. The molecule has 0 aliphatic carbocycles. The molecule has 2 aromatic rings. The first-order chi connectivity index (χ1) is 42.1. The molecular formula is C52H102N16O20S3. The largest absolute Gasteiger partial charge is 0.480 e. The maximum absolute atomic E-state index is 10.4. The highest BCUT2D eigenvalue weighted by molar-refractivity contribution is 8.76. The molecule has 36 nitrogen and oxygen atoms in total. The summed E-state index contributed by atoms with van der Waals surface area (Å²) in [5, 5.41) is 92.3. The van der Waals surface area contributed by atoms with Gasteiger partial charge in [0.25, 0.3) is 0 Å². The first-order valence-electron chi connectivity index (χ1n) is 27.4. The number of aromatic amines is 1. The van der Waals surface area contributed by atoms with Crippen LogP contribution in [0, 0.1) is 17.2 Å². The van der Waals surface area contributed by atoms with Gasteiger partial charge in [0.2, 0.25) is 0 Å². The van der Waals surface area contributed by atoms with E-state index in [-0.39, 0.29) is 36.3 Å². The Hall–Kier alpha value is -6.99. The summed E-state index contributed by atoms with van der Waals surface area (Å²) >= 11 is 1.60. The molecule has 0 aliphatic rings. The van der Waals surface area contributed by atoms with Crippen LogP contribution >= 0.6 is 33.3 Å². The molecule has 1 aromatic heterocycles. The minimum Gasteiger partial charge on any atom is -0.480 e. The van der Waals surface area contributed by atoms with Crippen molar-refractivity contribution < 1.29 is 99.0 Å². The number of nitrogens with two attached hydrogens (primary N) is 12. The molecule has 528 valence electrons. The normalized spacial score (nSPS) is 13.2. The van der Waals surface area contributed by atoms with E-state index in [0.717, 1.165) is 30.6 Å². The van der Waals surface area contributed by atoms with Gasteiger partial charge in [-0.15, -0.1) is 0 Å². The summed E-state index contributed by atoms with van der Waals surface area (Å²) in [7, 11) is 2.41. The second-order valence-corrected chi connectivity index (χ2v) is 22.6. The third-order valence-corrected chi connectivity index (χ3v) is 13.6. The Labute approximate surface area is 540 Å². The van der Waals surface area contributed by atoms with Crippen molar-refractivity contribution in [2.75, 3.05) is 43.1 Å². The number of carboxylic acid groups (broad SMARTS) is 10. The van der Waals surface area contributed by atoms with Crippen LogP contribution in [-0.2, 0) is 60.8 Å². The molecule has 0 saturated heterocycles. The third-order valence-electron chi connectivity index (χ3n) is 10.5. The zero-order valence-corrected chi connectivity index (χ0v) is 54.3. The monoisotopic (exact) mass is 1370 g/mol. The number of nitrogens with zero attached hydrogens (tertiary/aromatic N) is 1. The number of imidazole rings is 1. The number of hydrogen-bond donors (Lipinski definition) is 25. The predicted molar refractivity (Wildman–Crippen MR) is 349 cm³/mol. The molecule has 0 amide bonds. The van der Waals surface area contributed by atoms with Crippen molar-refractivity contribution in [3.05, 3.63) is 54.1 Å². The average molecular weight is 1370 g/mol. The number of aromatic nitrogens is 2.